The number of para-hydroxylation sites is 2. The summed E-state index contributed by atoms with van der Waals surface area (Å²) < 4.78 is 54.1. The molecule has 0 atom stereocenters. The first kappa shape index (κ1) is 13.4. The number of anilines is 1. The zero-order valence-electron chi connectivity index (χ0n) is 10.5. The largest absolute Gasteiger partial charge is 0.418 e. The first-order chi connectivity index (χ1) is 9.89. The van der Waals surface area contributed by atoms with E-state index in [0.717, 1.165) is 10.6 Å². The zero-order chi connectivity index (χ0) is 15.2. The standard InChI is InChI=1S/C14H9F4N3/c15-9-5-3-7-11-12(9)20-13(19)21(11)10-6-2-1-4-8(10)14(16,17)18/h1-7H,(H2,19,20). The van der Waals surface area contributed by atoms with Crippen molar-refractivity contribution in [2.45, 2.75) is 6.18 Å². The molecule has 1 aromatic heterocycles. The van der Waals surface area contributed by atoms with Crippen LogP contribution in [0.1, 0.15) is 5.56 Å². The van der Waals surface area contributed by atoms with Crippen LogP contribution in [-0.2, 0) is 6.18 Å². The fraction of sp³-hybridized carbons (Fsp3) is 0.0714. The SMILES string of the molecule is Nc1nc2c(F)cccc2n1-c1ccccc1C(F)(F)F. The highest BCUT2D eigenvalue weighted by atomic mass is 19.4. The zero-order valence-corrected chi connectivity index (χ0v) is 10.5. The van der Waals surface area contributed by atoms with Gasteiger partial charge in [0.05, 0.1) is 16.8 Å². The molecule has 0 aliphatic rings. The number of halogens is 4. The van der Waals surface area contributed by atoms with Crippen LogP contribution in [0.2, 0.25) is 0 Å². The number of alkyl halides is 3. The molecule has 1 heterocycles. The van der Waals surface area contributed by atoms with Gasteiger partial charge in [-0.3, -0.25) is 4.57 Å². The summed E-state index contributed by atoms with van der Waals surface area (Å²) in [4.78, 5) is 3.81. The van der Waals surface area contributed by atoms with Gasteiger partial charge in [0.2, 0.25) is 5.95 Å². The van der Waals surface area contributed by atoms with Crippen LogP contribution in [0.25, 0.3) is 16.7 Å². The van der Waals surface area contributed by atoms with E-state index in [9.17, 15) is 17.6 Å². The number of nitrogen functional groups attached to an aromatic ring is 1. The van der Waals surface area contributed by atoms with Crippen LogP contribution in [0.15, 0.2) is 42.5 Å². The molecule has 7 heteroatoms. The normalized spacial score (nSPS) is 12.0. The quantitative estimate of drug-likeness (QED) is 0.695. The van der Waals surface area contributed by atoms with E-state index in [4.69, 9.17) is 5.73 Å². The lowest BCUT2D eigenvalue weighted by Gasteiger charge is -2.14. The summed E-state index contributed by atoms with van der Waals surface area (Å²) in [6, 6.07) is 8.98. The van der Waals surface area contributed by atoms with Gasteiger partial charge in [-0.15, -0.1) is 0 Å². The van der Waals surface area contributed by atoms with Gasteiger partial charge in [0.1, 0.15) is 5.52 Å². The minimum absolute atomic E-state index is 0.0630. The lowest BCUT2D eigenvalue weighted by atomic mass is 10.1. The van der Waals surface area contributed by atoms with E-state index in [1.807, 2.05) is 0 Å². The minimum Gasteiger partial charge on any atom is -0.369 e. The first-order valence-electron chi connectivity index (χ1n) is 5.98. The highest BCUT2D eigenvalue weighted by Gasteiger charge is 2.34. The van der Waals surface area contributed by atoms with Gasteiger partial charge in [-0.05, 0) is 24.3 Å². The van der Waals surface area contributed by atoms with Crippen molar-refractivity contribution in [3.05, 3.63) is 53.8 Å². The number of fused-ring (bicyclic) bond motifs is 1. The van der Waals surface area contributed by atoms with E-state index >= 15 is 0 Å². The molecule has 2 N–H and O–H groups in total. The van der Waals surface area contributed by atoms with E-state index in [1.165, 1.54) is 36.4 Å². The molecule has 0 saturated carbocycles. The van der Waals surface area contributed by atoms with Gasteiger partial charge in [-0.1, -0.05) is 18.2 Å². The Hall–Kier alpha value is -2.57. The molecular weight excluding hydrogens is 286 g/mol. The van der Waals surface area contributed by atoms with Crippen LogP contribution in [0.4, 0.5) is 23.5 Å². The second kappa shape index (κ2) is 4.47. The lowest BCUT2D eigenvalue weighted by molar-refractivity contribution is -0.137. The van der Waals surface area contributed by atoms with Crippen molar-refractivity contribution in [2.24, 2.45) is 0 Å². The molecular formula is C14H9F4N3. The number of benzene rings is 2. The number of aromatic nitrogens is 2. The number of rotatable bonds is 1. The Labute approximate surface area is 116 Å². The van der Waals surface area contributed by atoms with Gasteiger partial charge in [0.15, 0.2) is 5.82 Å². The summed E-state index contributed by atoms with van der Waals surface area (Å²) in [7, 11) is 0. The van der Waals surface area contributed by atoms with Crippen molar-refractivity contribution in [3.8, 4) is 5.69 Å². The van der Waals surface area contributed by atoms with Crippen LogP contribution in [0, 0.1) is 5.82 Å². The molecule has 0 aliphatic carbocycles. The summed E-state index contributed by atoms with van der Waals surface area (Å²) in [5.41, 5.74) is 4.76. The third-order valence-electron chi connectivity index (χ3n) is 3.11. The van der Waals surface area contributed by atoms with Crippen molar-refractivity contribution < 1.29 is 17.6 Å². The maximum Gasteiger partial charge on any atom is 0.418 e. The van der Waals surface area contributed by atoms with Crippen LogP contribution >= 0.6 is 0 Å². The molecule has 0 aliphatic heterocycles. The fourth-order valence-corrected chi connectivity index (χ4v) is 2.24. The third-order valence-corrected chi connectivity index (χ3v) is 3.11. The van der Waals surface area contributed by atoms with Gasteiger partial charge >= 0.3 is 6.18 Å². The number of hydrogen-bond acceptors (Lipinski definition) is 2. The van der Waals surface area contributed by atoms with Gasteiger partial charge in [-0.25, -0.2) is 9.37 Å². The van der Waals surface area contributed by atoms with Crippen molar-refractivity contribution in [3.63, 3.8) is 0 Å². The van der Waals surface area contributed by atoms with Crippen LogP contribution in [0.3, 0.4) is 0 Å². The van der Waals surface area contributed by atoms with Crippen molar-refractivity contribution in [2.75, 3.05) is 5.73 Å². The topological polar surface area (TPSA) is 43.8 Å². The second-order valence-corrected chi connectivity index (χ2v) is 4.43. The highest BCUT2D eigenvalue weighted by Crippen LogP contribution is 2.36. The molecule has 0 amide bonds. The monoisotopic (exact) mass is 295 g/mol. The summed E-state index contributed by atoms with van der Waals surface area (Å²) in [6.07, 6.45) is -4.55. The molecule has 21 heavy (non-hydrogen) atoms. The first-order valence-corrected chi connectivity index (χ1v) is 5.98. The van der Waals surface area contributed by atoms with E-state index in [-0.39, 0.29) is 22.7 Å². The smallest absolute Gasteiger partial charge is 0.369 e. The molecule has 2 aromatic carbocycles. The Morgan fingerprint density at radius 3 is 2.43 bits per heavy atom. The minimum atomic E-state index is -4.55. The average Bonchev–Trinajstić information content (AvgIpc) is 2.75. The molecule has 3 nitrogen and oxygen atoms in total. The summed E-state index contributed by atoms with van der Waals surface area (Å²) in [6.45, 7) is 0. The predicted octanol–water partition coefficient (Wildman–Crippen LogP) is 3.77. The Morgan fingerprint density at radius 2 is 1.71 bits per heavy atom. The molecule has 0 spiro atoms. The molecule has 0 saturated heterocycles. The number of nitrogens with zero attached hydrogens (tertiary/aromatic N) is 2. The van der Waals surface area contributed by atoms with Crippen molar-refractivity contribution >= 4 is 17.0 Å². The van der Waals surface area contributed by atoms with Gasteiger partial charge in [0, 0.05) is 0 Å². The molecule has 0 bridgehead atoms. The van der Waals surface area contributed by atoms with E-state index in [1.54, 1.807) is 0 Å². The second-order valence-electron chi connectivity index (χ2n) is 4.43. The molecule has 0 unspecified atom stereocenters. The number of nitrogens with two attached hydrogens (primary N) is 1. The Kier molecular flexibility index (Phi) is 2.86. The highest BCUT2D eigenvalue weighted by molar-refractivity contribution is 5.81. The molecule has 3 rings (SSSR count). The predicted molar refractivity (Wildman–Crippen MR) is 70.4 cm³/mol. The maximum absolute atomic E-state index is 13.7. The molecule has 0 radical (unpaired) electrons. The summed E-state index contributed by atoms with van der Waals surface area (Å²) in [5.74, 6) is -0.839. The van der Waals surface area contributed by atoms with Crippen LogP contribution < -0.4 is 5.73 Å². The molecule has 108 valence electrons. The Balaban J connectivity index is 2.37. The molecule has 0 fully saturated rings. The van der Waals surface area contributed by atoms with Gasteiger partial charge in [-0.2, -0.15) is 13.2 Å². The average molecular weight is 295 g/mol. The van der Waals surface area contributed by atoms with E-state index in [0.29, 0.717) is 0 Å². The van der Waals surface area contributed by atoms with Crippen molar-refractivity contribution in [1.82, 2.24) is 9.55 Å². The summed E-state index contributed by atoms with van der Waals surface area (Å²) in [5, 5.41) is 0. The van der Waals surface area contributed by atoms with Gasteiger partial charge < -0.3 is 5.73 Å². The van der Waals surface area contributed by atoms with Crippen LogP contribution in [-0.4, -0.2) is 9.55 Å². The van der Waals surface area contributed by atoms with Gasteiger partial charge in [0.25, 0.3) is 0 Å². The third kappa shape index (κ3) is 2.10. The van der Waals surface area contributed by atoms with E-state index < -0.39 is 17.6 Å². The maximum atomic E-state index is 13.7. The lowest BCUT2D eigenvalue weighted by Crippen LogP contribution is -2.12. The van der Waals surface area contributed by atoms with E-state index in [2.05, 4.69) is 4.98 Å². The fourth-order valence-electron chi connectivity index (χ4n) is 2.24. The number of hydrogen-bond donors (Lipinski definition) is 1. The number of imidazole rings is 1. The Morgan fingerprint density at radius 1 is 1.00 bits per heavy atom. The van der Waals surface area contributed by atoms with Crippen LogP contribution in [0.5, 0.6) is 0 Å². The van der Waals surface area contributed by atoms with Crippen molar-refractivity contribution in [1.29, 1.82) is 0 Å². The summed E-state index contributed by atoms with van der Waals surface area (Å²) >= 11 is 0. The Bertz CT molecular complexity index is 821. The molecule has 3 aromatic rings.